The Labute approximate surface area is 70.7 Å². The van der Waals surface area contributed by atoms with Crippen LogP contribution < -0.4 is 5.32 Å². The molecule has 0 saturated carbocycles. The summed E-state index contributed by atoms with van der Waals surface area (Å²) >= 11 is 0. The van der Waals surface area contributed by atoms with E-state index in [1.807, 2.05) is 0 Å². The van der Waals surface area contributed by atoms with Gasteiger partial charge in [-0.15, -0.1) is 0 Å². The minimum atomic E-state index is -0.957. The second-order valence-corrected chi connectivity index (χ2v) is 2.26. The van der Waals surface area contributed by atoms with Gasteiger partial charge in [0.15, 0.2) is 0 Å². The molecule has 0 fully saturated rings. The van der Waals surface area contributed by atoms with Crippen molar-refractivity contribution in [3.8, 4) is 0 Å². The van der Waals surface area contributed by atoms with Crippen molar-refractivity contribution in [2.75, 3.05) is 13.7 Å². The second-order valence-electron chi connectivity index (χ2n) is 2.26. The molecule has 70 valence electrons. The lowest BCUT2D eigenvalue weighted by molar-refractivity contribution is -0.141. The van der Waals surface area contributed by atoms with E-state index in [-0.39, 0.29) is 6.54 Å². The highest BCUT2D eigenvalue weighted by atomic mass is 16.5. The van der Waals surface area contributed by atoms with Crippen LogP contribution in [0.2, 0.25) is 0 Å². The van der Waals surface area contributed by atoms with Crippen molar-refractivity contribution >= 4 is 11.9 Å². The Morgan fingerprint density at radius 3 is 2.50 bits per heavy atom. The molecule has 1 atom stereocenters. The van der Waals surface area contributed by atoms with Gasteiger partial charge in [-0.3, -0.25) is 14.9 Å². The SMILES string of the molecule is CCC(NCC(=O)OC)C(=O)O. The van der Waals surface area contributed by atoms with Crippen LogP contribution in [0.3, 0.4) is 0 Å². The summed E-state index contributed by atoms with van der Waals surface area (Å²) in [7, 11) is 1.26. The van der Waals surface area contributed by atoms with Crippen LogP contribution in [-0.4, -0.2) is 36.7 Å². The highest BCUT2D eigenvalue weighted by molar-refractivity contribution is 5.76. The molecule has 0 saturated heterocycles. The summed E-state index contributed by atoms with van der Waals surface area (Å²) in [5, 5.41) is 11.1. The van der Waals surface area contributed by atoms with Crippen molar-refractivity contribution in [1.29, 1.82) is 0 Å². The Bertz CT molecular complexity index is 169. The molecule has 0 bridgehead atoms. The number of nitrogens with one attached hydrogen (secondary N) is 1. The molecule has 0 aliphatic rings. The molecule has 0 aliphatic heterocycles. The lowest BCUT2D eigenvalue weighted by Gasteiger charge is -2.10. The molecule has 0 spiro atoms. The number of methoxy groups -OCH3 is 1. The van der Waals surface area contributed by atoms with E-state index >= 15 is 0 Å². The monoisotopic (exact) mass is 175 g/mol. The lowest BCUT2D eigenvalue weighted by Crippen LogP contribution is -2.39. The van der Waals surface area contributed by atoms with Gasteiger partial charge in [-0.05, 0) is 6.42 Å². The largest absolute Gasteiger partial charge is 0.480 e. The van der Waals surface area contributed by atoms with Crippen molar-refractivity contribution in [3.05, 3.63) is 0 Å². The number of aliphatic carboxylic acids is 1. The molecule has 0 aromatic carbocycles. The van der Waals surface area contributed by atoms with E-state index in [0.717, 1.165) is 0 Å². The van der Waals surface area contributed by atoms with Crippen LogP contribution in [0.25, 0.3) is 0 Å². The third kappa shape index (κ3) is 3.92. The zero-order valence-corrected chi connectivity index (χ0v) is 7.16. The van der Waals surface area contributed by atoms with Crippen LogP contribution in [0.4, 0.5) is 0 Å². The summed E-state index contributed by atoms with van der Waals surface area (Å²) in [6.45, 7) is 1.66. The van der Waals surface area contributed by atoms with E-state index in [9.17, 15) is 9.59 Å². The molecule has 2 N–H and O–H groups in total. The van der Waals surface area contributed by atoms with Crippen LogP contribution in [-0.2, 0) is 14.3 Å². The fraction of sp³-hybridized carbons (Fsp3) is 0.714. The van der Waals surface area contributed by atoms with Crippen molar-refractivity contribution in [1.82, 2.24) is 5.32 Å². The quantitative estimate of drug-likeness (QED) is 0.557. The highest BCUT2D eigenvalue weighted by Gasteiger charge is 2.14. The first-order chi connectivity index (χ1) is 5.61. The first-order valence-corrected chi connectivity index (χ1v) is 3.64. The topological polar surface area (TPSA) is 75.6 Å². The maximum Gasteiger partial charge on any atom is 0.320 e. The van der Waals surface area contributed by atoms with Gasteiger partial charge in [0.25, 0.3) is 0 Å². The van der Waals surface area contributed by atoms with Crippen LogP contribution >= 0.6 is 0 Å². The lowest BCUT2D eigenvalue weighted by atomic mass is 10.2. The number of carboxylic acid groups (broad SMARTS) is 1. The Balaban J connectivity index is 3.73. The van der Waals surface area contributed by atoms with Gasteiger partial charge in [0.2, 0.25) is 0 Å². The number of carbonyl (C=O) groups excluding carboxylic acids is 1. The van der Waals surface area contributed by atoms with E-state index in [1.54, 1.807) is 6.92 Å². The average molecular weight is 175 g/mol. The zero-order chi connectivity index (χ0) is 9.56. The third-order valence-corrected chi connectivity index (χ3v) is 1.43. The van der Waals surface area contributed by atoms with E-state index in [1.165, 1.54) is 7.11 Å². The van der Waals surface area contributed by atoms with Gasteiger partial charge in [0.05, 0.1) is 13.7 Å². The molecule has 0 heterocycles. The second kappa shape index (κ2) is 5.54. The predicted octanol–water partition coefficient (Wildman–Crippen LogP) is -0.388. The molecule has 5 heteroatoms. The predicted molar refractivity (Wildman–Crippen MR) is 41.7 cm³/mol. The molecule has 0 aromatic heterocycles. The molecular weight excluding hydrogens is 162 g/mol. The van der Waals surface area contributed by atoms with Gasteiger partial charge in [-0.25, -0.2) is 0 Å². The zero-order valence-electron chi connectivity index (χ0n) is 7.16. The van der Waals surface area contributed by atoms with Crippen molar-refractivity contribution < 1.29 is 19.4 Å². The first kappa shape index (κ1) is 10.9. The first-order valence-electron chi connectivity index (χ1n) is 3.64. The summed E-state index contributed by atoms with van der Waals surface area (Å²) in [5.74, 6) is -1.42. The van der Waals surface area contributed by atoms with Crippen LogP contribution in [0.5, 0.6) is 0 Å². The van der Waals surface area contributed by atoms with Crippen molar-refractivity contribution in [3.63, 3.8) is 0 Å². The van der Waals surface area contributed by atoms with E-state index < -0.39 is 18.0 Å². The Kier molecular flexibility index (Phi) is 5.03. The number of hydrogen-bond acceptors (Lipinski definition) is 4. The third-order valence-electron chi connectivity index (χ3n) is 1.43. The van der Waals surface area contributed by atoms with Gasteiger partial charge in [-0.1, -0.05) is 6.92 Å². The molecule has 0 rings (SSSR count). The van der Waals surface area contributed by atoms with Gasteiger partial charge >= 0.3 is 11.9 Å². The van der Waals surface area contributed by atoms with E-state index in [2.05, 4.69) is 10.1 Å². The molecular formula is C7H13NO4. The average Bonchev–Trinajstić information content (AvgIpc) is 2.04. The molecule has 0 radical (unpaired) electrons. The number of carboxylic acids is 1. The Morgan fingerprint density at radius 1 is 1.58 bits per heavy atom. The van der Waals surface area contributed by atoms with Gasteiger partial charge in [-0.2, -0.15) is 0 Å². The van der Waals surface area contributed by atoms with E-state index in [4.69, 9.17) is 5.11 Å². The van der Waals surface area contributed by atoms with Crippen LogP contribution in [0.1, 0.15) is 13.3 Å². The maximum atomic E-state index is 10.6. The van der Waals surface area contributed by atoms with Crippen LogP contribution in [0.15, 0.2) is 0 Å². The molecule has 0 aromatic rings. The van der Waals surface area contributed by atoms with E-state index in [0.29, 0.717) is 6.42 Å². The summed E-state index contributed by atoms with van der Waals surface area (Å²) < 4.78 is 4.33. The summed E-state index contributed by atoms with van der Waals surface area (Å²) in [4.78, 5) is 21.0. The molecule has 0 amide bonds. The normalized spacial score (nSPS) is 12.2. The fourth-order valence-electron chi connectivity index (χ4n) is 0.685. The number of hydrogen-bond donors (Lipinski definition) is 2. The van der Waals surface area contributed by atoms with Gasteiger partial charge in [0.1, 0.15) is 6.04 Å². The molecule has 5 nitrogen and oxygen atoms in total. The fourth-order valence-corrected chi connectivity index (χ4v) is 0.685. The summed E-state index contributed by atoms with van der Waals surface area (Å²) in [5.41, 5.74) is 0. The molecule has 0 aliphatic carbocycles. The number of carbonyl (C=O) groups is 2. The van der Waals surface area contributed by atoms with Gasteiger partial charge < -0.3 is 9.84 Å². The smallest absolute Gasteiger partial charge is 0.320 e. The standard InChI is InChI=1S/C7H13NO4/c1-3-5(7(10)11)8-4-6(9)12-2/h5,8H,3-4H2,1-2H3,(H,10,11). The summed E-state index contributed by atoms with van der Waals surface area (Å²) in [6, 6.07) is -0.677. The van der Waals surface area contributed by atoms with Gasteiger partial charge in [0, 0.05) is 0 Å². The maximum absolute atomic E-state index is 10.6. The molecule has 12 heavy (non-hydrogen) atoms. The Morgan fingerprint density at radius 2 is 2.17 bits per heavy atom. The number of rotatable bonds is 5. The Hall–Kier alpha value is -1.10. The van der Waals surface area contributed by atoms with Crippen molar-refractivity contribution in [2.24, 2.45) is 0 Å². The number of esters is 1. The minimum absolute atomic E-state index is 0.0681. The minimum Gasteiger partial charge on any atom is -0.480 e. The van der Waals surface area contributed by atoms with Crippen LogP contribution in [0, 0.1) is 0 Å². The summed E-state index contributed by atoms with van der Waals surface area (Å²) in [6.07, 6.45) is 0.437. The number of ether oxygens (including phenoxy) is 1. The molecule has 1 unspecified atom stereocenters. The highest BCUT2D eigenvalue weighted by Crippen LogP contribution is 1.89. The van der Waals surface area contributed by atoms with Crippen molar-refractivity contribution in [2.45, 2.75) is 19.4 Å².